The van der Waals surface area contributed by atoms with E-state index in [1.807, 2.05) is 0 Å². The van der Waals surface area contributed by atoms with Crippen LogP contribution >= 0.6 is 0 Å². The molecule has 1 nitrogen and oxygen atoms in total. The van der Waals surface area contributed by atoms with Gasteiger partial charge in [-0.25, -0.2) is 0 Å². The zero-order valence-corrected chi connectivity index (χ0v) is 24.0. The molecule has 0 fully saturated rings. The Balaban J connectivity index is 2.35. The molecule has 0 N–H and O–H groups in total. The molecular formula is C13H2OSe8. The molecule has 2 aromatic carbocycles. The second-order valence-electron chi connectivity index (χ2n) is 4.49. The molecule has 0 bridgehead atoms. The van der Waals surface area contributed by atoms with Crippen LogP contribution in [0.5, 0.6) is 11.5 Å². The van der Waals surface area contributed by atoms with Crippen molar-refractivity contribution in [3.05, 3.63) is 17.2 Å². The predicted octanol–water partition coefficient (Wildman–Crippen LogP) is -5.39. The molecule has 0 saturated carbocycles. The molecule has 0 spiro atoms. The van der Waals surface area contributed by atoms with E-state index in [2.05, 4.69) is 134 Å². The number of ether oxygens (including phenoxy) is 1. The van der Waals surface area contributed by atoms with Gasteiger partial charge in [0.25, 0.3) is 0 Å². The standard InChI is InChI=1S/C13H2OSe8/c15-3-1-2-5(10(19)8(3)17)14-6-4(7(2)16)9(18)12(21)13(22)11(6)20/h1,7H. The number of hydrogen-bond donors (Lipinski definition) is 0. The second kappa shape index (κ2) is 7.19. The van der Waals surface area contributed by atoms with Crippen LogP contribution in [-0.2, 0) is 0 Å². The second-order valence-corrected chi connectivity index (χ2v) is 11.5. The van der Waals surface area contributed by atoms with Gasteiger partial charge in [-0.15, -0.1) is 0 Å². The van der Waals surface area contributed by atoms with Crippen LogP contribution in [0, 0.1) is 0 Å². The molecule has 0 aliphatic carbocycles. The van der Waals surface area contributed by atoms with Crippen molar-refractivity contribution in [1.82, 2.24) is 0 Å². The Hall–Kier alpha value is 2.40. The van der Waals surface area contributed by atoms with Crippen molar-refractivity contribution in [2.24, 2.45) is 0 Å². The maximum absolute atomic E-state index is 6.29. The van der Waals surface area contributed by atoms with E-state index in [-0.39, 0.29) is 4.82 Å². The van der Waals surface area contributed by atoms with Gasteiger partial charge in [-0.3, -0.25) is 0 Å². The molecule has 1 aliphatic rings. The summed E-state index contributed by atoms with van der Waals surface area (Å²) in [6.07, 6.45) is 0. The first-order valence-electron chi connectivity index (χ1n) is 5.73. The molecule has 0 saturated heterocycles. The summed E-state index contributed by atoms with van der Waals surface area (Å²) in [6, 6.07) is 2.13. The van der Waals surface area contributed by atoms with Crippen molar-refractivity contribution in [3.8, 4) is 11.5 Å². The van der Waals surface area contributed by atoms with Crippen LogP contribution in [0.1, 0.15) is 15.9 Å². The van der Waals surface area contributed by atoms with E-state index in [1.165, 1.54) is 0 Å². The molecule has 3 rings (SSSR count). The van der Waals surface area contributed by atoms with Gasteiger partial charge in [-0.1, -0.05) is 0 Å². The van der Waals surface area contributed by atoms with E-state index < -0.39 is 0 Å². The monoisotopic (exact) mass is 813 g/mol. The molecule has 1 unspecified atom stereocenters. The summed E-state index contributed by atoms with van der Waals surface area (Å²) in [5.74, 6) is 1.76. The molecule has 108 valence electrons. The Labute approximate surface area is 194 Å². The van der Waals surface area contributed by atoms with Gasteiger partial charge in [0, 0.05) is 0 Å². The van der Waals surface area contributed by atoms with Crippen molar-refractivity contribution in [3.63, 3.8) is 0 Å². The van der Waals surface area contributed by atoms with E-state index in [4.69, 9.17) is 4.74 Å². The van der Waals surface area contributed by atoms with Crippen molar-refractivity contribution >= 4 is 159 Å². The van der Waals surface area contributed by atoms with Gasteiger partial charge in [0.15, 0.2) is 0 Å². The first kappa shape index (κ1) is 19.2. The van der Waals surface area contributed by atoms with Crippen LogP contribution in [-0.4, -0.2) is 128 Å². The van der Waals surface area contributed by atoms with Gasteiger partial charge in [0.1, 0.15) is 0 Å². The average Bonchev–Trinajstić information content (AvgIpc) is 2.49. The third kappa shape index (κ3) is 3.01. The Morgan fingerprint density at radius 1 is 0.682 bits per heavy atom. The SMILES string of the molecule is [Se]c1cc2c(c([Se])c1[Se])Oc1c([Se])c([Se])c([Se])c([Se])c1C2[Se]. The molecule has 1 aliphatic heterocycles. The summed E-state index contributed by atoms with van der Waals surface area (Å²) >= 11 is 25.2. The Bertz CT molecular complexity index is 817. The van der Waals surface area contributed by atoms with Gasteiger partial charge in [-0.05, 0) is 0 Å². The van der Waals surface area contributed by atoms with Gasteiger partial charge >= 0.3 is 198 Å². The third-order valence-corrected chi connectivity index (χ3v) is 13.4. The zero-order chi connectivity index (χ0) is 16.3. The average molecular weight is 806 g/mol. The predicted molar refractivity (Wildman–Crippen MR) is 98.3 cm³/mol. The molecule has 9 heteroatoms. The molecule has 1 atom stereocenters. The van der Waals surface area contributed by atoms with Crippen LogP contribution in [0.3, 0.4) is 0 Å². The van der Waals surface area contributed by atoms with Crippen molar-refractivity contribution < 1.29 is 4.74 Å². The molecule has 1 heterocycles. The normalized spacial score (nSPS) is 15.8. The minimum absolute atomic E-state index is 0.120. The fourth-order valence-electron chi connectivity index (χ4n) is 2.17. The molecular weight excluding hydrogens is 804 g/mol. The summed E-state index contributed by atoms with van der Waals surface area (Å²) < 4.78 is 13.7. The summed E-state index contributed by atoms with van der Waals surface area (Å²) in [5.41, 5.74) is 2.28. The van der Waals surface area contributed by atoms with E-state index in [9.17, 15) is 0 Å². The summed E-state index contributed by atoms with van der Waals surface area (Å²) in [4.78, 5) is 0.120. The van der Waals surface area contributed by atoms with E-state index in [0.717, 1.165) is 53.9 Å². The topological polar surface area (TPSA) is 9.23 Å². The van der Waals surface area contributed by atoms with Crippen molar-refractivity contribution in [2.45, 2.75) is 4.82 Å². The van der Waals surface area contributed by atoms with Crippen molar-refractivity contribution in [2.75, 3.05) is 0 Å². The molecule has 22 heavy (non-hydrogen) atoms. The first-order valence-corrected chi connectivity index (χ1v) is 12.7. The summed E-state index contributed by atoms with van der Waals surface area (Å²) in [6.45, 7) is 0. The number of fused-ring (bicyclic) bond motifs is 2. The van der Waals surface area contributed by atoms with Crippen LogP contribution in [0.4, 0.5) is 0 Å². The first-order chi connectivity index (χ1) is 10.3. The fourth-order valence-corrected chi connectivity index (χ4v) is 7.78. The van der Waals surface area contributed by atoms with Crippen molar-refractivity contribution in [1.29, 1.82) is 0 Å². The molecule has 8 radical (unpaired) electrons. The van der Waals surface area contributed by atoms with Crippen LogP contribution < -0.4 is 36.0 Å². The van der Waals surface area contributed by atoms with Crippen LogP contribution in [0.15, 0.2) is 6.07 Å². The molecule has 0 aromatic heterocycles. The molecule has 0 amide bonds. The van der Waals surface area contributed by atoms with E-state index in [0.29, 0.717) is 0 Å². The number of rotatable bonds is 0. The third-order valence-electron chi connectivity index (χ3n) is 3.25. The maximum atomic E-state index is 6.29. The van der Waals surface area contributed by atoms with Gasteiger partial charge in [0.2, 0.25) is 0 Å². The fraction of sp³-hybridized carbons (Fsp3) is 0.0769. The van der Waals surface area contributed by atoms with Gasteiger partial charge in [0.05, 0.1) is 0 Å². The van der Waals surface area contributed by atoms with Gasteiger partial charge in [-0.2, -0.15) is 0 Å². The Morgan fingerprint density at radius 2 is 1.23 bits per heavy atom. The quantitative estimate of drug-likeness (QED) is 0.242. The molecule has 2 aromatic rings. The van der Waals surface area contributed by atoms with Crippen LogP contribution in [0.25, 0.3) is 0 Å². The number of benzene rings is 2. The number of hydrogen-bond acceptors (Lipinski definition) is 1. The summed E-state index contributed by atoms with van der Waals surface area (Å²) in [5, 5.41) is 0. The minimum atomic E-state index is 0.120. The van der Waals surface area contributed by atoms with Crippen LogP contribution in [0.2, 0.25) is 0 Å². The Morgan fingerprint density at radius 3 is 1.86 bits per heavy atom. The Kier molecular flexibility index (Phi) is 6.26. The zero-order valence-electron chi connectivity index (χ0n) is 10.3. The summed E-state index contributed by atoms with van der Waals surface area (Å²) in [7, 11) is 0. The van der Waals surface area contributed by atoms with Gasteiger partial charge < -0.3 is 0 Å². The van der Waals surface area contributed by atoms with E-state index >= 15 is 0 Å². The van der Waals surface area contributed by atoms with E-state index in [1.54, 1.807) is 0 Å².